The summed E-state index contributed by atoms with van der Waals surface area (Å²) in [5, 5.41) is 0. The number of rotatable bonds is 5. The summed E-state index contributed by atoms with van der Waals surface area (Å²) in [5.41, 5.74) is -0.375. The van der Waals surface area contributed by atoms with Crippen molar-refractivity contribution in [3.8, 4) is 0 Å². The van der Waals surface area contributed by atoms with Gasteiger partial charge in [0, 0.05) is 18.3 Å². The molecule has 0 N–H and O–H groups in total. The second kappa shape index (κ2) is 5.99. The molecule has 0 unspecified atom stereocenters. The first-order chi connectivity index (χ1) is 8.04. The molecule has 0 radical (unpaired) electrons. The van der Waals surface area contributed by atoms with Gasteiger partial charge in [-0.3, -0.25) is 9.59 Å². The van der Waals surface area contributed by atoms with Gasteiger partial charge in [0.25, 0.3) is 0 Å². The van der Waals surface area contributed by atoms with Crippen LogP contribution in [0.4, 0.5) is 0 Å². The molecule has 1 fully saturated rings. The second-order valence-electron chi connectivity index (χ2n) is 4.94. The molecule has 1 aliphatic rings. The lowest BCUT2D eigenvalue weighted by Gasteiger charge is -2.28. The van der Waals surface area contributed by atoms with Crippen molar-refractivity contribution in [2.75, 3.05) is 7.11 Å². The number of hydrogen-bond donors (Lipinski definition) is 0. The normalized spacial score (nSPS) is 28.9. The fourth-order valence-electron chi connectivity index (χ4n) is 2.52. The number of carbonyl (C=O) groups is 2. The number of hydrogen-bond acceptors (Lipinski definition) is 3. The maximum absolute atomic E-state index is 12.0. The number of esters is 1. The van der Waals surface area contributed by atoms with Crippen molar-refractivity contribution in [2.24, 2.45) is 11.3 Å². The Labute approximate surface area is 103 Å². The van der Waals surface area contributed by atoms with Crippen LogP contribution in [0.25, 0.3) is 0 Å². The second-order valence-corrected chi connectivity index (χ2v) is 4.94. The fourth-order valence-corrected chi connectivity index (χ4v) is 2.52. The number of Topliss-reactive ketones (excluding diaryl/α,β-unsaturated/α-hetero) is 1. The molecule has 2 atom stereocenters. The summed E-state index contributed by atoms with van der Waals surface area (Å²) in [6.07, 6.45) is 7.62. The lowest BCUT2D eigenvalue weighted by atomic mass is 9.74. The van der Waals surface area contributed by atoms with Crippen LogP contribution in [0.5, 0.6) is 0 Å². The maximum Gasteiger partial charge on any atom is 0.305 e. The van der Waals surface area contributed by atoms with E-state index >= 15 is 0 Å². The minimum Gasteiger partial charge on any atom is -0.469 e. The highest BCUT2D eigenvalue weighted by Crippen LogP contribution is 2.45. The van der Waals surface area contributed by atoms with E-state index in [9.17, 15) is 9.59 Å². The van der Waals surface area contributed by atoms with Gasteiger partial charge in [0.05, 0.1) is 7.11 Å². The molecule has 0 heterocycles. The summed E-state index contributed by atoms with van der Waals surface area (Å²) in [7, 11) is 1.40. The average molecular weight is 238 g/mol. The Kier molecular flexibility index (Phi) is 4.91. The molecule has 1 saturated carbocycles. The predicted octanol–water partition coefficient (Wildman–Crippen LogP) is 2.89. The lowest BCUT2D eigenvalue weighted by molar-refractivity contribution is -0.142. The summed E-state index contributed by atoms with van der Waals surface area (Å²) in [4.78, 5) is 23.3. The number of ether oxygens (including phenoxy) is 1. The van der Waals surface area contributed by atoms with E-state index in [1.807, 2.05) is 6.92 Å². The first-order valence-electron chi connectivity index (χ1n) is 6.29. The van der Waals surface area contributed by atoms with Crippen LogP contribution in [0.3, 0.4) is 0 Å². The average Bonchev–Trinajstić information content (AvgIpc) is 2.58. The third-order valence-electron chi connectivity index (χ3n) is 3.84. The minimum absolute atomic E-state index is 0.129. The van der Waals surface area contributed by atoms with Crippen LogP contribution in [0.15, 0.2) is 12.2 Å². The van der Waals surface area contributed by atoms with Crippen molar-refractivity contribution in [1.29, 1.82) is 0 Å². The molecule has 0 aromatic rings. The maximum atomic E-state index is 12.0. The number of carbonyl (C=O) groups excluding carboxylic acids is 2. The van der Waals surface area contributed by atoms with E-state index in [2.05, 4.69) is 19.1 Å². The van der Waals surface area contributed by atoms with Crippen molar-refractivity contribution in [2.45, 2.75) is 46.0 Å². The van der Waals surface area contributed by atoms with Crippen molar-refractivity contribution in [3.63, 3.8) is 0 Å². The van der Waals surface area contributed by atoms with Gasteiger partial charge in [-0.25, -0.2) is 0 Å². The van der Waals surface area contributed by atoms with Crippen molar-refractivity contribution < 1.29 is 14.3 Å². The van der Waals surface area contributed by atoms with Crippen LogP contribution in [0.1, 0.15) is 46.0 Å². The Balaban J connectivity index is 2.72. The van der Waals surface area contributed by atoms with E-state index < -0.39 is 0 Å². The summed E-state index contributed by atoms with van der Waals surface area (Å²) in [6.45, 7) is 4.05. The minimum atomic E-state index is -0.375. The quantitative estimate of drug-likeness (QED) is 0.546. The standard InChI is InChI=1S/C14H22O3/c1-4-5-6-9-14(2)11(7-8-12(14)15)10-13(16)17-3/h5-6,11H,4,7-10H2,1-3H3/b6-5-/t11-,14+/m0/s1. The molecule has 1 aliphatic carbocycles. The topological polar surface area (TPSA) is 43.4 Å². The number of ketones is 1. The molecule has 96 valence electrons. The van der Waals surface area contributed by atoms with Gasteiger partial charge < -0.3 is 4.74 Å². The molecular formula is C14H22O3. The van der Waals surface area contributed by atoms with Gasteiger partial charge in [-0.1, -0.05) is 26.0 Å². The Morgan fingerprint density at radius 3 is 2.82 bits per heavy atom. The zero-order valence-corrected chi connectivity index (χ0v) is 11.0. The molecule has 0 spiro atoms. The highest BCUT2D eigenvalue weighted by atomic mass is 16.5. The third-order valence-corrected chi connectivity index (χ3v) is 3.84. The SMILES string of the molecule is CC/C=C\C[C@@]1(C)C(=O)CC[C@H]1CC(=O)OC. The number of methoxy groups -OCH3 is 1. The molecule has 17 heavy (non-hydrogen) atoms. The monoisotopic (exact) mass is 238 g/mol. The molecule has 3 heteroatoms. The van der Waals surface area contributed by atoms with Crippen LogP contribution in [0, 0.1) is 11.3 Å². The summed E-state index contributed by atoms with van der Waals surface area (Å²) in [5.74, 6) is 0.200. The van der Waals surface area contributed by atoms with E-state index in [0.29, 0.717) is 12.8 Å². The summed E-state index contributed by atoms with van der Waals surface area (Å²) in [6, 6.07) is 0. The summed E-state index contributed by atoms with van der Waals surface area (Å²) >= 11 is 0. The van der Waals surface area contributed by atoms with Gasteiger partial charge >= 0.3 is 5.97 Å². The zero-order valence-electron chi connectivity index (χ0n) is 11.0. The first kappa shape index (κ1) is 13.9. The van der Waals surface area contributed by atoms with Crippen LogP contribution in [0.2, 0.25) is 0 Å². The molecular weight excluding hydrogens is 216 g/mol. The van der Waals surface area contributed by atoms with Crippen molar-refractivity contribution in [3.05, 3.63) is 12.2 Å². The molecule has 3 nitrogen and oxygen atoms in total. The Morgan fingerprint density at radius 2 is 2.24 bits per heavy atom. The Bertz CT molecular complexity index is 319. The molecule has 0 bridgehead atoms. The molecule has 0 aliphatic heterocycles. The lowest BCUT2D eigenvalue weighted by Crippen LogP contribution is -2.30. The smallest absolute Gasteiger partial charge is 0.305 e. The predicted molar refractivity (Wildman–Crippen MR) is 66.5 cm³/mol. The largest absolute Gasteiger partial charge is 0.469 e. The van der Waals surface area contributed by atoms with Gasteiger partial charge in [0.15, 0.2) is 0 Å². The van der Waals surface area contributed by atoms with Gasteiger partial charge in [0.1, 0.15) is 5.78 Å². The molecule has 0 amide bonds. The van der Waals surface area contributed by atoms with Gasteiger partial charge in [0.2, 0.25) is 0 Å². The highest BCUT2D eigenvalue weighted by Gasteiger charge is 2.45. The van der Waals surface area contributed by atoms with Crippen LogP contribution in [-0.2, 0) is 14.3 Å². The number of allylic oxidation sites excluding steroid dienone is 2. The van der Waals surface area contributed by atoms with Gasteiger partial charge in [-0.05, 0) is 25.2 Å². The highest BCUT2D eigenvalue weighted by molar-refractivity contribution is 5.88. The van der Waals surface area contributed by atoms with Crippen LogP contribution in [-0.4, -0.2) is 18.9 Å². The van der Waals surface area contributed by atoms with Crippen LogP contribution < -0.4 is 0 Å². The van der Waals surface area contributed by atoms with Crippen molar-refractivity contribution in [1.82, 2.24) is 0 Å². The van der Waals surface area contributed by atoms with E-state index in [4.69, 9.17) is 4.74 Å². The van der Waals surface area contributed by atoms with E-state index in [-0.39, 0.29) is 23.1 Å². The first-order valence-corrected chi connectivity index (χ1v) is 6.29. The zero-order chi connectivity index (χ0) is 12.9. The van der Waals surface area contributed by atoms with E-state index in [0.717, 1.165) is 19.3 Å². The summed E-state index contributed by atoms with van der Waals surface area (Å²) < 4.78 is 4.70. The Hall–Kier alpha value is -1.12. The van der Waals surface area contributed by atoms with Crippen molar-refractivity contribution >= 4 is 11.8 Å². The van der Waals surface area contributed by atoms with Gasteiger partial charge in [-0.15, -0.1) is 0 Å². The van der Waals surface area contributed by atoms with E-state index in [1.54, 1.807) is 0 Å². The molecule has 1 rings (SSSR count). The molecule has 0 aromatic carbocycles. The third kappa shape index (κ3) is 3.18. The van der Waals surface area contributed by atoms with E-state index in [1.165, 1.54) is 7.11 Å². The molecule has 0 saturated heterocycles. The molecule has 0 aromatic heterocycles. The Morgan fingerprint density at radius 1 is 1.53 bits per heavy atom. The fraction of sp³-hybridized carbons (Fsp3) is 0.714. The van der Waals surface area contributed by atoms with Crippen LogP contribution >= 0.6 is 0 Å². The van der Waals surface area contributed by atoms with Gasteiger partial charge in [-0.2, -0.15) is 0 Å².